The van der Waals surface area contributed by atoms with E-state index in [2.05, 4.69) is 71.4 Å². The van der Waals surface area contributed by atoms with Gasteiger partial charge < -0.3 is 19.3 Å². The lowest BCUT2D eigenvalue weighted by atomic mass is 9.44. The first-order chi connectivity index (χ1) is 24.9. The van der Waals surface area contributed by atoms with Crippen LogP contribution in [0.3, 0.4) is 0 Å². The lowest BCUT2D eigenvalue weighted by molar-refractivity contribution is -0.207. The molecule has 0 unspecified atom stereocenters. The minimum Gasteiger partial charge on any atom is -0.460 e. The molecule has 0 spiro atoms. The number of benzene rings is 1. The fraction of sp³-hybridized carbons (Fsp3) is 0.575. The van der Waals surface area contributed by atoms with Gasteiger partial charge in [-0.3, -0.25) is 9.59 Å². The Balaban J connectivity index is 1.14. The molecule has 2 bridgehead atoms. The Labute approximate surface area is 305 Å². The number of ketones is 1. The number of aromatic nitrogens is 7. The number of Topliss-reactive ketones (excluding diaryl/α,β-unsaturated/α-hetero) is 1. The number of esters is 1. The van der Waals surface area contributed by atoms with Gasteiger partial charge in [0.1, 0.15) is 30.5 Å². The van der Waals surface area contributed by atoms with Crippen LogP contribution in [0.15, 0.2) is 55.8 Å². The van der Waals surface area contributed by atoms with Crippen molar-refractivity contribution in [3.8, 4) is 11.3 Å². The lowest BCUT2D eigenvalue weighted by Crippen LogP contribution is -2.63. The number of nitrogens with zero attached hydrogens (tertiary/aromatic N) is 8. The van der Waals surface area contributed by atoms with Crippen LogP contribution in [-0.2, 0) is 27.4 Å². The van der Waals surface area contributed by atoms with Crippen molar-refractivity contribution in [1.29, 1.82) is 0 Å². The van der Waals surface area contributed by atoms with Gasteiger partial charge in [0.25, 0.3) is 0 Å². The number of hydrogen-bond donors (Lipinski definition) is 1. The molecule has 7 rings (SSSR count). The molecule has 1 N–H and O–H groups in total. The van der Waals surface area contributed by atoms with E-state index >= 15 is 0 Å². The maximum absolute atomic E-state index is 13.9. The number of anilines is 1. The van der Waals surface area contributed by atoms with E-state index < -0.39 is 29.0 Å². The van der Waals surface area contributed by atoms with E-state index in [9.17, 15) is 14.7 Å². The van der Waals surface area contributed by atoms with E-state index in [1.165, 1.54) is 4.68 Å². The minimum absolute atomic E-state index is 0.0856. The van der Waals surface area contributed by atoms with Gasteiger partial charge in [-0.1, -0.05) is 63.2 Å². The highest BCUT2D eigenvalue weighted by Gasteiger charge is 2.68. The van der Waals surface area contributed by atoms with Gasteiger partial charge in [-0.2, -0.15) is 0 Å². The van der Waals surface area contributed by atoms with Crippen molar-refractivity contribution < 1.29 is 19.4 Å². The van der Waals surface area contributed by atoms with E-state index in [-0.39, 0.29) is 35.5 Å². The number of imidazole rings is 1. The fourth-order valence-corrected chi connectivity index (χ4v) is 10.2. The maximum atomic E-state index is 13.9. The number of rotatable bonds is 10. The second kappa shape index (κ2) is 13.5. The summed E-state index contributed by atoms with van der Waals surface area (Å²) in [5.41, 5.74) is 2.40. The summed E-state index contributed by atoms with van der Waals surface area (Å²) in [4.78, 5) is 43.5. The van der Waals surface area contributed by atoms with Crippen LogP contribution in [-0.4, -0.2) is 76.7 Å². The molecule has 12 heteroatoms. The largest absolute Gasteiger partial charge is 0.460 e. The van der Waals surface area contributed by atoms with Crippen LogP contribution in [0.5, 0.6) is 0 Å². The van der Waals surface area contributed by atoms with Gasteiger partial charge in [0.2, 0.25) is 0 Å². The highest BCUT2D eigenvalue weighted by Crippen LogP contribution is 2.68. The second-order valence-electron chi connectivity index (χ2n) is 15.9. The van der Waals surface area contributed by atoms with Crippen molar-refractivity contribution >= 4 is 28.7 Å². The third-order valence-corrected chi connectivity index (χ3v) is 13.5. The summed E-state index contributed by atoms with van der Waals surface area (Å²) in [5, 5.41) is 20.6. The second-order valence-corrected chi connectivity index (χ2v) is 15.9. The van der Waals surface area contributed by atoms with E-state index in [1.54, 1.807) is 18.9 Å². The van der Waals surface area contributed by atoms with E-state index in [0.717, 1.165) is 60.5 Å². The van der Waals surface area contributed by atoms with E-state index in [1.807, 2.05) is 41.8 Å². The van der Waals surface area contributed by atoms with Crippen LogP contribution in [0, 0.1) is 34.0 Å². The third-order valence-electron chi connectivity index (χ3n) is 13.5. The molecule has 1 aromatic carbocycles. The van der Waals surface area contributed by atoms with Gasteiger partial charge in [0.15, 0.2) is 17.0 Å². The van der Waals surface area contributed by atoms with Gasteiger partial charge in [0, 0.05) is 41.8 Å². The van der Waals surface area contributed by atoms with Crippen LogP contribution in [0.1, 0.15) is 79.2 Å². The van der Waals surface area contributed by atoms with Gasteiger partial charge in [-0.05, 0) is 62.3 Å². The van der Waals surface area contributed by atoms with Gasteiger partial charge in [0.05, 0.1) is 25.2 Å². The molecule has 276 valence electrons. The highest BCUT2D eigenvalue weighted by atomic mass is 16.5. The molecule has 3 saturated carbocycles. The topological polar surface area (TPSA) is 141 Å². The molecule has 0 aliphatic heterocycles. The first kappa shape index (κ1) is 35.9. The molecule has 8 atom stereocenters. The Bertz CT molecular complexity index is 1990. The SMILES string of the molecule is C=C[C@]1(C)C[C@@H](OC(=O)Cn2cc(-c3ccccc3Cn3cnc4c(N(CC)CC)ncnc43)nn2)[C@]2(C)[C@H](C)CC[C@]3(CCC(=O)[C@H]32)[C@@H](C)[C@@H]1O. The normalized spacial score (nSPS) is 31.5. The summed E-state index contributed by atoms with van der Waals surface area (Å²) < 4.78 is 9.97. The summed E-state index contributed by atoms with van der Waals surface area (Å²) in [6, 6.07) is 7.97. The average Bonchev–Trinajstić information content (AvgIpc) is 3.87. The molecule has 4 aromatic rings. The van der Waals surface area contributed by atoms with Crippen molar-refractivity contribution in [2.75, 3.05) is 18.0 Å². The monoisotopic (exact) mass is 708 g/mol. The number of carbonyl (C=O) groups excluding carboxylic acids is 2. The number of ether oxygens (including phenoxy) is 1. The lowest BCUT2D eigenvalue weighted by Gasteiger charge is -2.61. The Morgan fingerprint density at radius 1 is 1.13 bits per heavy atom. The first-order valence-corrected chi connectivity index (χ1v) is 18.8. The van der Waals surface area contributed by atoms with Crippen molar-refractivity contribution in [3.63, 3.8) is 0 Å². The standard InChI is InChI=1S/C40H52N8O4/c1-8-38(6)19-31(39(7)25(4)15-17-40(26(5)35(38)51)18-16-30(49)34(39)40)52-32(50)22-48-21-29(44-45-48)28-14-12-11-13-27(28)20-47-24-43-33-36(46(9-2)10-3)41-23-42-37(33)47/h8,11-14,21,23-26,31,34-35,51H,1,9-10,15-20,22H2,2-7H3/t25-,26+,31-,34+,35+,38-,39+,40+/m1/s1. The average molecular weight is 709 g/mol. The highest BCUT2D eigenvalue weighted by molar-refractivity contribution is 5.86. The van der Waals surface area contributed by atoms with Gasteiger partial charge >= 0.3 is 5.97 Å². The molecule has 12 nitrogen and oxygen atoms in total. The summed E-state index contributed by atoms with van der Waals surface area (Å²) in [6.07, 6.45) is 9.10. The zero-order valence-electron chi connectivity index (χ0n) is 31.3. The molecule has 0 saturated heterocycles. The molecule has 0 amide bonds. The molecule has 3 aliphatic rings. The Morgan fingerprint density at radius 2 is 1.90 bits per heavy atom. The zero-order chi connectivity index (χ0) is 37.0. The molecule has 3 heterocycles. The van der Waals surface area contributed by atoms with Gasteiger partial charge in [-0.15, -0.1) is 11.7 Å². The van der Waals surface area contributed by atoms with Gasteiger partial charge in [-0.25, -0.2) is 19.6 Å². The summed E-state index contributed by atoms with van der Waals surface area (Å²) in [7, 11) is 0. The van der Waals surface area contributed by atoms with Crippen LogP contribution in [0.25, 0.3) is 22.4 Å². The molecular formula is C40H52N8O4. The smallest absolute Gasteiger partial charge is 0.328 e. The Morgan fingerprint density at radius 3 is 2.65 bits per heavy atom. The van der Waals surface area contributed by atoms with Crippen molar-refractivity contribution in [2.24, 2.45) is 34.0 Å². The third kappa shape index (κ3) is 5.64. The molecule has 52 heavy (non-hydrogen) atoms. The Hall–Kier alpha value is -4.45. The molecule has 3 aliphatic carbocycles. The molecular weight excluding hydrogens is 656 g/mol. The summed E-state index contributed by atoms with van der Waals surface area (Å²) in [6.45, 7) is 18.8. The van der Waals surface area contributed by atoms with Crippen LogP contribution >= 0.6 is 0 Å². The minimum atomic E-state index is -0.715. The van der Waals surface area contributed by atoms with Crippen molar-refractivity contribution in [2.45, 2.75) is 98.9 Å². The van der Waals surface area contributed by atoms with E-state index in [4.69, 9.17) is 4.74 Å². The van der Waals surface area contributed by atoms with Crippen molar-refractivity contribution in [3.05, 3.63) is 61.3 Å². The number of hydrogen-bond acceptors (Lipinski definition) is 10. The quantitative estimate of drug-likeness (QED) is 0.157. The number of fused-ring (bicyclic) bond motifs is 1. The number of carbonyl (C=O) groups is 2. The summed E-state index contributed by atoms with van der Waals surface area (Å²) >= 11 is 0. The molecule has 3 fully saturated rings. The number of aliphatic hydroxyl groups excluding tert-OH is 1. The van der Waals surface area contributed by atoms with Crippen molar-refractivity contribution in [1.82, 2.24) is 34.5 Å². The van der Waals surface area contributed by atoms with Crippen LogP contribution < -0.4 is 4.90 Å². The van der Waals surface area contributed by atoms with E-state index in [0.29, 0.717) is 25.1 Å². The predicted molar refractivity (Wildman–Crippen MR) is 198 cm³/mol. The predicted octanol–water partition coefficient (Wildman–Crippen LogP) is 5.89. The zero-order valence-corrected chi connectivity index (χ0v) is 31.3. The Kier molecular flexibility index (Phi) is 9.34. The number of aliphatic hydroxyl groups is 1. The molecule has 0 radical (unpaired) electrons. The maximum Gasteiger partial charge on any atom is 0.328 e. The summed E-state index contributed by atoms with van der Waals surface area (Å²) in [5.74, 6) is 0.386. The van der Waals surface area contributed by atoms with Crippen LogP contribution in [0.2, 0.25) is 0 Å². The fourth-order valence-electron chi connectivity index (χ4n) is 10.2. The molecule has 3 aromatic heterocycles. The first-order valence-electron chi connectivity index (χ1n) is 18.8. The van der Waals surface area contributed by atoms with Crippen LogP contribution in [0.4, 0.5) is 5.82 Å².